The molecule has 0 amide bonds. The smallest absolute Gasteiger partial charge is 0.310 e. The van der Waals surface area contributed by atoms with E-state index in [0.29, 0.717) is 0 Å². The Kier molecular flexibility index (Phi) is 4.56. The van der Waals surface area contributed by atoms with E-state index in [1.165, 1.54) is 19.1 Å². The molecule has 7 rings (SSSR count). The summed E-state index contributed by atoms with van der Waals surface area (Å²) in [7, 11) is -6.30. The van der Waals surface area contributed by atoms with Crippen LogP contribution in [0.15, 0.2) is 24.3 Å². The van der Waals surface area contributed by atoms with E-state index in [0.717, 1.165) is 12.1 Å². The monoisotopic (exact) mass is 598 g/mol. The number of aliphatic hydroxyl groups is 2. The third-order valence-corrected chi connectivity index (χ3v) is 8.03. The minimum absolute atomic E-state index is 0.0782. The number of carbonyl (C=O) groups excluding carboxylic acids is 1. The first-order valence-corrected chi connectivity index (χ1v) is 13.0. The Morgan fingerprint density at radius 2 is 1.67 bits per heavy atom. The molecule has 0 radical (unpaired) electrons. The lowest BCUT2D eigenvalue weighted by Crippen LogP contribution is -2.63. The lowest BCUT2D eigenvalue weighted by molar-refractivity contribution is -0.364. The van der Waals surface area contributed by atoms with E-state index in [-0.39, 0.29) is 35.0 Å². The van der Waals surface area contributed by atoms with Crippen molar-refractivity contribution in [3.8, 4) is 28.7 Å². The van der Waals surface area contributed by atoms with Gasteiger partial charge in [-0.3, -0.25) is 4.79 Å². The van der Waals surface area contributed by atoms with Crippen LogP contribution in [-0.2, 0) is 28.5 Å². The minimum atomic E-state index is -3.15. The lowest BCUT2D eigenvalue weighted by atomic mass is 9.66. The summed E-state index contributed by atoms with van der Waals surface area (Å²) in [4.78, 5) is 13.7. The summed E-state index contributed by atoms with van der Waals surface area (Å²) < 4.78 is 129. The number of aromatic hydroxyl groups is 1. The van der Waals surface area contributed by atoms with Crippen LogP contribution in [0.25, 0.3) is 0 Å². The van der Waals surface area contributed by atoms with Crippen LogP contribution >= 0.6 is 0 Å². The number of carbonyl (C=O) groups is 1. The number of cyclic esters (lactones) is 1. The van der Waals surface area contributed by atoms with E-state index >= 15 is 0 Å². The van der Waals surface area contributed by atoms with Crippen molar-refractivity contribution in [2.75, 3.05) is 34.0 Å². The third-order valence-electron chi connectivity index (χ3n) is 8.03. The molecule has 2 aromatic rings. The fraction of sp³-hybridized carbons (Fsp3) is 0.552. The standard InChI is InChI=1S/C29H32O13/c1-11-36-9-20-27(40-11)24(31)25(32)29(41-20)42-26-14-7-17-16(38-10-39-17)6-13(14)21(22-15(26)8-37-28(22)33)12-4-18(34-2)23(30)19(5-12)35-3/h4-7,11,15,20-22,24-27,29-32H,8-10H2,1-3H3/t11-,15+,20-,21-,22+,24-,25-,26-,27-,29+/m1/s1/i2D3,3D3,8D2,9D2. The van der Waals surface area contributed by atoms with Gasteiger partial charge in [-0.15, -0.1) is 0 Å². The van der Waals surface area contributed by atoms with Crippen LogP contribution in [0.2, 0.25) is 0 Å². The number of benzene rings is 2. The van der Waals surface area contributed by atoms with Gasteiger partial charge in [0.1, 0.15) is 24.4 Å². The van der Waals surface area contributed by atoms with Crippen LogP contribution in [-0.4, -0.2) is 92.3 Å². The SMILES string of the molecule is [2H]C([2H])([2H])Oc1cc([C@@H]2c3cc4c(cc3[C@@H](O[C@@H]3O[C@H]5[C@@H](O[C@H](C)OC5([2H])[2H])[C@H](O)[C@H]3O)[C@@H]3[C@@H]2C(=O)OC3([2H])[2H])OCO4)cc(OC([2H])([2H])[2H])c1O. The molecule has 4 heterocycles. The van der Waals surface area contributed by atoms with Crippen molar-refractivity contribution < 1.29 is 76.5 Å². The number of aliphatic hydroxyl groups excluding tert-OH is 2. The Morgan fingerprint density at radius 3 is 2.38 bits per heavy atom. The summed E-state index contributed by atoms with van der Waals surface area (Å²) >= 11 is 0. The van der Waals surface area contributed by atoms with Crippen molar-refractivity contribution >= 4 is 5.97 Å². The predicted octanol–water partition coefficient (Wildman–Crippen LogP) is 1.34. The number of hydrogen-bond acceptors (Lipinski definition) is 13. The maximum Gasteiger partial charge on any atom is 0.310 e. The maximum absolute atomic E-state index is 13.7. The molecule has 226 valence electrons. The molecule has 2 aromatic carbocycles. The molecule has 0 saturated carbocycles. The Labute approximate surface area is 254 Å². The summed E-state index contributed by atoms with van der Waals surface area (Å²) in [6.07, 6.45) is -11.3. The Balaban J connectivity index is 1.38. The highest BCUT2D eigenvalue weighted by molar-refractivity contribution is 5.79. The molecule has 0 spiro atoms. The van der Waals surface area contributed by atoms with E-state index in [4.69, 9.17) is 56.3 Å². The zero-order chi connectivity index (χ0) is 37.9. The molecule has 3 saturated heterocycles. The highest BCUT2D eigenvalue weighted by atomic mass is 16.8. The molecular weight excluding hydrogens is 556 g/mol. The van der Waals surface area contributed by atoms with Gasteiger partial charge in [0.25, 0.3) is 0 Å². The fourth-order valence-corrected chi connectivity index (χ4v) is 6.12. The van der Waals surface area contributed by atoms with Crippen molar-refractivity contribution in [1.29, 1.82) is 0 Å². The van der Waals surface area contributed by atoms with Crippen molar-refractivity contribution in [2.45, 2.75) is 55.9 Å². The van der Waals surface area contributed by atoms with Crippen LogP contribution in [0, 0.1) is 11.8 Å². The van der Waals surface area contributed by atoms with Gasteiger partial charge in [-0.1, -0.05) is 0 Å². The molecule has 3 fully saturated rings. The zero-order valence-electron chi connectivity index (χ0n) is 31.7. The Hall–Kier alpha value is -3.33. The molecule has 10 atom stereocenters. The summed E-state index contributed by atoms with van der Waals surface area (Å²) in [5, 5.41) is 33.0. The van der Waals surface area contributed by atoms with Gasteiger partial charge in [0.2, 0.25) is 12.5 Å². The number of hydrogen-bond donors (Lipinski definition) is 3. The van der Waals surface area contributed by atoms with Gasteiger partial charge in [0.05, 0.1) is 52.9 Å². The van der Waals surface area contributed by atoms with E-state index in [1.807, 2.05) is 0 Å². The fourth-order valence-electron chi connectivity index (χ4n) is 6.12. The molecule has 0 bridgehead atoms. The van der Waals surface area contributed by atoms with E-state index in [2.05, 4.69) is 0 Å². The molecular formula is C29H32O13. The van der Waals surface area contributed by atoms with Gasteiger partial charge < -0.3 is 58.0 Å². The second-order valence-corrected chi connectivity index (χ2v) is 10.3. The molecule has 4 aliphatic heterocycles. The average Bonchev–Trinajstić information content (AvgIpc) is 3.55. The Morgan fingerprint density at radius 1 is 0.952 bits per heavy atom. The number of fused-ring (bicyclic) bond motifs is 4. The highest BCUT2D eigenvalue weighted by Gasteiger charge is 2.56. The maximum atomic E-state index is 13.7. The van der Waals surface area contributed by atoms with Gasteiger partial charge in [-0.25, -0.2) is 0 Å². The van der Waals surface area contributed by atoms with E-state index < -0.39 is 111 Å². The summed E-state index contributed by atoms with van der Waals surface area (Å²) in [6, 6.07) is 4.91. The van der Waals surface area contributed by atoms with Crippen molar-refractivity contribution in [3.05, 3.63) is 41.0 Å². The first kappa shape index (κ1) is 18.4. The van der Waals surface area contributed by atoms with Crippen LogP contribution in [0.3, 0.4) is 0 Å². The second kappa shape index (κ2) is 10.4. The highest BCUT2D eigenvalue weighted by Crippen LogP contribution is 2.57. The largest absolute Gasteiger partial charge is 0.502 e. The number of methoxy groups -OCH3 is 2. The number of phenolic OH excluding ortho intramolecular Hbond substituents is 1. The molecule has 13 nitrogen and oxygen atoms in total. The van der Waals surface area contributed by atoms with E-state index in [1.54, 1.807) is 0 Å². The molecule has 5 aliphatic rings. The van der Waals surface area contributed by atoms with Gasteiger partial charge in [0, 0.05) is 11.8 Å². The van der Waals surface area contributed by atoms with Gasteiger partial charge in [-0.05, 0) is 47.9 Å². The number of ether oxygens (including phenoxy) is 9. The first-order chi connectivity index (χ1) is 24.0. The zero-order valence-corrected chi connectivity index (χ0v) is 21.7. The molecule has 1 aliphatic carbocycles. The van der Waals surface area contributed by atoms with Crippen molar-refractivity contribution in [2.24, 2.45) is 11.8 Å². The third kappa shape index (κ3) is 4.26. The first-order valence-electron chi connectivity index (χ1n) is 18.0. The molecule has 0 unspecified atom stereocenters. The van der Waals surface area contributed by atoms with Crippen molar-refractivity contribution in [1.82, 2.24) is 0 Å². The van der Waals surface area contributed by atoms with Gasteiger partial charge in [0.15, 0.2) is 35.6 Å². The Bertz CT molecular complexity index is 1720. The topological polar surface area (TPSA) is 161 Å². The van der Waals surface area contributed by atoms with E-state index in [9.17, 15) is 20.1 Å². The number of phenols is 1. The van der Waals surface area contributed by atoms with Gasteiger partial charge >= 0.3 is 5.97 Å². The lowest BCUT2D eigenvalue weighted by Gasteiger charge is -2.47. The normalized spacial score (nSPS) is 43.0. The molecule has 0 aromatic heterocycles. The summed E-state index contributed by atoms with van der Waals surface area (Å²) in [5.74, 6) is -7.74. The second-order valence-electron chi connectivity index (χ2n) is 10.3. The number of rotatable bonds is 5. The number of esters is 1. The molecule has 13 heteroatoms. The predicted molar refractivity (Wildman–Crippen MR) is 138 cm³/mol. The van der Waals surface area contributed by atoms with Crippen LogP contribution in [0.1, 0.15) is 49.3 Å². The van der Waals surface area contributed by atoms with Gasteiger partial charge in [-0.2, -0.15) is 0 Å². The minimum Gasteiger partial charge on any atom is -0.502 e. The quantitative estimate of drug-likeness (QED) is 0.424. The molecule has 42 heavy (non-hydrogen) atoms. The molecule has 3 N–H and O–H groups in total. The average molecular weight is 599 g/mol. The van der Waals surface area contributed by atoms with Crippen LogP contribution in [0.4, 0.5) is 0 Å². The summed E-state index contributed by atoms with van der Waals surface area (Å²) in [5.41, 5.74) is 0.181. The van der Waals surface area contributed by atoms with Crippen LogP contribution in [0.5, 0.6) is 28.7 Å². The summed E-state index contributed by atoms with van der Waals surface area (Å²) in [6.45, 7) is -4.20. The van der Waals surface area contributed by atoms with Crippen LogP contribution < -0.4 is 18.9 Å². The van der Waals surface area contributed by atoms with Crippen molar-refractivity contribution in [3.63, 3.8) is 0 Å².